The van der Waals surface area contributed by atoms with Crippen molar-refractivity contribution >= 4 is 44.9 Å². The normalized spacial score (nSPS) is 12.6. The molecule has 11 heteroatoms. The van der Waals surface area contributed by atoms with E-state index in [-0.39, 0.29) is 17.0 Å². The molecule has 2 aromatic rings. The van der Waals surface area contributed by atoms with E-state index in [1.807, 2.05) is 22.0 Å². The zero-order valence-electron chi connectivity index (χ0n) is 12.3. The lowest BCUT2D eigenvalue weighted by Crippen LogP contribution is -2.30. The van der Waals surface area contributed by atoms with E-state index >= 15 is 0 Å². The number of hydrogen-bond acceptors (Lipinski definition) is 7. The van der Waals surface area contributed by atoms with E-state index in [9.17, 15) is 9.69 Å². The summed E-state index contributed by atoms with van der Waals surface area (Å²) < 4.78 is 1.77. The summed E-state index contributed by atoms with van der Waals surface area (Å²) in [7, 11) is 0. The molecule has 0 fully saturated rings. The summed E-state index contributed by atoms with van der Waals surface area (Å²) >= 11 is 2.02. The molecule has 0 saturated carbocycles. The fourth-order valence-electron chi connectivity index (χ4n) is 2.15. The number of nitrogens with two attached hydrogens (primary N) is 1. The average Bonchev–Trinajstić information content (AvgIpc) is 2.89. The van der Waals surface area contributed by atoms with Gasteiger partial charge >= 0.3 is 0 Å². The number of nitrogens with zero attached hydrogens (tertiary/aromatic N) is 5. The van der Waals surface area contributed by atoms with Gasteiger partial charge in [0.25, 0.3) is 5.56 Å². The number of anilines is 1. The molecular formula is C12H17IN7O2P. The fraction of sp³-hybridized carbons (Fsp3) is 0.500. The molecule has 0 aliphatic heterocycles. The molecule has 23 heavy (non-hydrogen) atoms. The lowest BCUT2D eigenvalue weighted by molar-refractivity contribution is 0.284. The Morgan fingerprint density at radius 2 is 2.30 bits per heavy atom. The summed E-state index contributed by atoms with van der Waals surface area (Å²) in [5, 5.41) is 8.75. The van der Waals surface area contributed by atoms with Crippen molar-refractivity contribution in [2.24, 2.45) is 0 Å². The predicted octanol–water partition coefficient (Wildman–Crippen LogP) is 0.657. The maximum atomic E-state index is 11.7. The molecule has 2 rings (SSSR count). The van der Waals surface area contributed by atoms with Crippen LogP contribution >= 0.6 is 27.8 Å². The highest BCUT2D eigenvalue weighted by Crippen LogP contribution is 2.39. The Kier molecular flexibility index (Phi) is 6.71. The van der Waals surface area contributed by atoms with Crippen LogP contribution in [0.1, 0.15) is 6.42 Å². The first-order valence-electron chi connectivity index (χ1n) is 6.93. The van der Waals surface area contributed by atoms with Crippen molar-refractivity contribution in [2.75, 3.05) is 31.5 Å². The van der Waals surface area contributed by atoms with Gasteiger partial charge in [0.1, 0.15) is 0 Å². The molecule has 0 bridgehead atoms. The second kappa shape index (κ2) is 8.54. The molecule has 1 atom stereocenters. The minimum absolute atomic E-state index is 0.0569. The number of nitriles is 1. The van der Waals surface area contributed by atoms with Gasteiger partial charge < -0.3 is 20.1 Å². The SMILES string of the molecule is N#CCCN(CCn1cnc2c(=O)[nH]c(N)nc21)CCP(O)I. The number of halogens is 1. The Balaban J connectivity index is 2.08. The minimum atomic E-state index is -0.989. The van der Waals surface area contributed by atoms with Gasteiger partial charge in [-0.2, -0.15) is 10.2 Å². The molecule has 0 spiro atoms. The Hall–Kier alpha value is -1.28. The van der Waals surface area contributed by atoms with Crippen molar-refractivity contribution < 1.29 is 4.89 Å². The zero-order chi connectivity index (χ0) is 16.8. The highest BCUT2D eigenvalue weighted by molar-refractivity contribution is 14.2. The highest BCUT2D eigenvalue weighted by Gasteiger charge is 2.12. The zero-order valence-corrected chi connectivity index (χ0v) is 15.4. The number of aromatic amines is 1. The van der Waals surface area contributed by atoms with E-state index in [4.69, 9.17) is 11.0 Å². The van der Waals surface area contributed by atoms with E-state index in [1.54, 1.807) is 10.9 Å². The van der Waals surface area contributed by atoms with Crippen LogP contribution in [0.2, 0.25) is 0 Å². The topological polar surface area (TPSA) is 137 Å². The Morgan fingerprint density at radius 1 is 1.52 bits per heavy atom. The summed E-state index contributed by atoms with van der Waals surface area (Å²) in [6, 6.07) is 2.13. The first kappa shape index (κ1) is 18.1. The van der Waals surface area contributed by atoms with Gasteiger partial charge in [-0.15, -0.1) is 0 Å². The van der Waals surface area contributed by atoms with Crippen molar-refractivity contribution in [3.05, 3.63) is 16.7 Å². The molecule has 0 aliphatic rings. The van der Waals surface area contributed by atoms with Crippen LogP contribution in [-0.2, 0) is 6.54 Å². The van der Waals surface area contributed by atoms with E-state index < -0.39 is 5.79 Å². The van der Waals surface area contributed by atoms with Crippen LogP contribution in [0.4, 0.5) is 5.95 Å². The number of nitrogens with one attached hydrogen (secondary N) is 1. The standard InChI is InChI=1S/C12H17IN7O2P/c13-23(22)7-6-19(3-1-2-14)4-5-20-8-16-9-10(20)17-12(15)18-11(9)21/h8,22H,1,3-7H2,(H3,15,17,18,21). The van der Waals surface area contributed by atoms with Crippen LogP contribution in [0, 0.1) is 11.3 Å². The van der Waals surface area contributed by atoms with Gasteiger partial charge in [0.15, 0.2) is 11.2 Å². The van der Waals surface area contributed by atoms with Crippen LogP contribution in [-0.4, -0.2) is 55.1 Å². The van der Waals surface area contributed by atoms with E-state index in [1.165, 1.54) is 0 Å². The Morgan fingerprint density at radius 3 is 3.00 bits per heavy atom. The first-order chi connectivity index (χ1) is 11.0. The average molecular weight is 449 g/mol. The maximum Gasteiger partial charge on any atom is 0.280 e. The highest BCUT2D eigenvalue weighted by atomic mass is 127. The van der Waals surface area contributed by atoms with Gasteiger partial charge in [-0.05, 0) is 22.0 Å². The molecule has 2 aromatic heterocycles. The molecule has 0 radical (unpaired) electrons. The summed E-state index contributed by atoms with van der Waals surface area (Å²) in [5.41, 5.74) is 5.92. The van der Waals surface area contributed by atoms with Gasteiger partial charge in [-0.25, -0.2) is 4.98 Å². The molecule has 0 aliphatic carbocycles. The van der Waals surface area contributed by atoms with Crippen LogP contribution in [0.25, 0.3) is 11.2 Å². The molecule has 4 N–H and O–H groups in total. The monoisotopic (exact) mass is 449 g/mol. The quantitative estimate of drug-likeness (QED) is 0.398. The molecule has 2 heterocycles. The Bertz CT molecular complexity index is 754. The van der Waals surface area contributed by atoms with Gasteiger partial charge in [0.2, 0.25) is 5.95 Å². The largest absolute Gasteiger partial charge is 0.369 e. The first-order valence-corrected chi connectivity index (χ1v) is 11.2. The fourth-order valence-corrected chi connectivity index (χ4v) is 3.25. The van der Waals surface area contributed by atoms with Crippen LogP contribution < -0.4 is 11.3 Å². The molecule has 0 aromatic carbocycles. The van der Waals surface area contributed by atoms with Crippen molar-refractivity contribution in [1.29, 1.82) is 5.26 Å². The number of H-pyrrole nitrogens is 1. The van der Waals surface area contributed by atoms with Crippen molar-refractivity contribution in [1.82, 2.24) is 24.4 Å². The second-order valence-electron chi connectivity index (χ2n) is 4.87. The molecule has 9 nitrogen and oxygen atoms in total. The predicted molar refractivity (Wildman–Crippen MR) is 97.3 cm³/mol. The van der Waals surface area contributed by atoms with E-state index in [0.29, 0.717) is 37.9 Å². The third-order valence-corrected chi connectivity index (χ3v) is 5.31. The molecular weight excluding hydrogens is 432 g/mol. The lowest BCUT2D eigenvalue weighted by atomic mass is 10.4. The van der Waals surface area contributed by atoms with Gasteiger partial charge in [-0.1, -0.05) is 0 Å². The summed E-state index contributed by atoms with van der Waals surface area (Å²) in [6.07, 6.45) is 2.68. The number of fused-ring (bicyclic) bond motifs is 1. The molecule has 0 saturated heterocycles. The third kappa shape index (κ3) is 5.10. The van der Waals surface area contributed by atoms with Gasteiger partial charge in [-0.3, -0.25) is 9.78 Å². The van der Waals surface area contributed by atoms with Crippen LogP contribution in [0.3, 0.4) is 0 Å². The Labute approximate surface area is 146 Å². The molecule has 0 amide bonds. The van der Waals surface area contributed by atoms with Gasteiger partial charge in [0, 0.05) is 38.8 Å². The number of hydrogen-bond donors (Lipinski definition) is 3. The minimum Gasteiger partial charge on any atom is -0.369 e. The van der Waals surface area contributed by atoms with E-state index in [2.05, 4.69) is 25.9 Å². The number of rotatable bonds is 8. The van der Waals surface area contributed by atoms with Gasteiger partial charge in [0.05, 0.1) is 18.2 Å². The molecule has 1 unspecified atom stereocenters. The summed E-state index contributed by atoms with van der Waals surface area (Å²) in [5.74, 6) is -0.932. The van der Waals surface area contributed by atoms with Crippen molar-refractivity contribution in [2.45, 2.75) is 13.0 Å². The van der Waals surface area contributed by atoms with Crippen molar-refractivity contribution in [3.8, 4) is 6.07 Å². The van der Waals surface area contributed by atoms with Crippen LogP contribution in [0.5, 0.6) is 0 Å². The molecule has 124 valence electrons. The lowest BCUT2D eigenvalue weighted by Gasteiger charge is -2.21. The number of aromatic nitrogens is 4. The summed E-state index contributed by atoms with van der Waals surface area (Å²) in [6.45, 7) is 2.60. The van der Waals surface area contributed by atoms with Crippen LogP contribution in [0.15, 0.2) is 11.1 Å². The smallest absolute Gasteiger partial charge is 0.280 e. The van der Waals surface area contributed by atoms with E-state index in [0.717, 1.165) is 6.54 Å². The number of imidazole rings is 1. The summed E-state index contributed by atoms with van der Waals surface area (Å²) in [4.78, 5) is 33.9. The second-order valence-corrected chi connectivity index (χ2v) is 9.33. The van der Waals surface area contributed by atoms with Crippen molar-refractivity contribution in [3.63, 3.8) is 0 Å². The maximum absolute atomic E-state index is 11.7. The number of nitrogen functional groups attached to an aromatic ring is 1. The third-order valence-electron chi connectivity index (χ3n) is 3.29.